The Morgan fingerprint density at radius 3 is 2.73 bits per heavy atom. The Labute approximate surface area is 90.7 Å². The van der Waals surface area contributed by atoms with E-state index in [0.29, 0.717) is 12.2 Å². The van der Waals surface area contributed by atoms with Gasteiger partial charge in [-0.3, -0.25) is 0 Å². The van der Waals surface area contributed by atoms with Gasteiger partial charge in [-0.1, -0.05) is 13.0 Å². The fourth-order valence-electron chi connectivity index (χ4n) is 1.19. The zero-order chi connectivity index (χ0) is 11.3. The minimum Gasteiger partial charge on any atom is -0.462 e. The normalized spacial score (nSPS) is 9.80. The van der Waals surface area contributed by atoms with Gasteiger partial charge in [0.15, 0.2) is 0 Å². The van der Waals surface area contributed by atoms with Gasteiger partial charge in [-0.25, -0.2) is 4.79 Å². The molecule has 0 radical (unpaired) electrons. The lowest BCUT2D eigenvalue weighted by molar-refractivity contribution is 0.0505. The van der Waals surface area contributed by atoms with Crippen molar-refractivity contribution in [2.24, 2.45) is 0 Å². The Hall–Kier alpha value is -1.51. The minimum absolute atomic E-state index is 0.249. The molecule has 1 rings (SSSR count). The zero-order valence-corrected chi connectivity index (χ0v) is 9.49. The van der Waals surface area contributed by atoms with E-state index in [1.54, 1.807) is 6.07 Å². The predicted molar refractivity (Wildman–Crippen MR) is 61.3 cm³/mol. The maximum absolute atomic E-state index is 11.5. The summed E-state index contributed by atoms with van der Waals surface area (Å²) in [5, 5.41) is 0. The van der Waals surface area contributed by atoms with Crippen molar-refractivity contribution in [3.8, 4) is 0 Å². The number of esters is 1. The second kappa shape index (κ2) is 5.39. The van der Waals surface area contributed by atoms with Gasteiger partial charge < -0.3 is 9.64 Å². The number of hydrogen-bond donors (Lipinski definition) is 0. The van der Waals surface area contributed by atoms with Crippen LogP contribution in [0.25, 0.3) is 0 Å². The number of rotatable bonds is 4. The van der Waals surface area contributed by atoms with Gasteiger partial charge in [0, 0.05) is 19.8 Å². The first-order chi connectivity index (χ1) is 7.15. The van der Waals surface area contributed by atoms with E-state index in [1.807, 2.05) is 44.1 Å². The molecule has 0 aliphatic heterocycles. The Morgan fingerprint density at radius 1 is 1.40 bits per heavy atom. The molecule has 82 valence electrons. The van der Waals surface area contributed by atoms with Gasteiger partial charge in [0.25, 0.3) is 0 Å². The lowest BCUT2D eigenvalue weighted by atomic mass is 10.2. The van der Waals surface area contributed by atoms with Crippen LogP contribution in [0.2, 0.25) is 0 Å². The summed E-state index contributed by atoms with van der Waals surface area (Å²) in [6.45, 7) is 2.45. The number of benzene rings is 1. The molecule has 0 aromatic heterocycles. The molecular weight excluding hydrogens is 190 g/mol. The molecule has 0 N–H and O–H groups in total. The molecule has 0 atom stereocenters. The molecule has 0 fully saturated rings. The maximum atomic E-state index is 11.5. The van der Waals surface area contributed by atoms with Crippen molar-refractivity contribution in [1.29, 1.82) is 0 Å². The van der Waals surface area contributed by atoms with Crippen LogP contribution in [0.1, 0.15) is 23.7 Å². The summed E-state index contributed by atoms with van der Waals surface area (Å²) in [6, 6.07) is 7.41. The maximum Gasteiger partial charge on any atom is 0.338 e. The summed E-state index contributed by atoms with van der Waals surface area (Å²) < 4.78 is 5.05. The van der Waals surface area contributed by atoms with Crippen molar-refractivity contribution in [2.75, 3.05) is 25.6 Å². The third-order valence-corrected chi connectivity index (χ3v) is 2.04. The van der Waals surface area contributed by atoms with Crippen molar-refractivity contribution >= 4 is 11.7 Å². The highest BCUT2D eigenvalue weighted by Gasteiger charge is 2.07. The molecule has 0 bridgehead atoms. The summed E-state index contributed by atoms with van der Waals surface area (Å²) >= 11 is 0. The van der Waals surface area contributed by atoms with Crippen LogP contribution in [0.5, 0.6) is 0 Å². The lowest BCUT2D eigenvalue weighted by Gasteiger charge is -2.13. The third kappa shape index (κ3) is 3.27. The highest BCUT2D eigenvalue weighted by Crippen LogP contribution is 2.14. The molecule has 0 amide bonds. The highest BCUT2D eigenvalue weighted by atomic mass is 16.5. The van der Waals surface area contributed by atoms with Gasteiger partial charge in [0.1, 0.15) is 0 Å². The van der Waals surface area contributed by atoms with E-state index in [4.69, 9.17) is 4.74 Å². The van der Waals surface area contributed by atoms with Crippen LogP contribution in [-0.4, -0.2) is 26.7 Å². The topological polar surface area (TPSA) is 29.5 Å². The molecule has 3 nitrogen and oxygen atoms in total. The van der Waals surface area contributed by atoms with Crippen molar-refractivity contribution in [1.82, 2.24) is 0 Å². The van der Waals surface area contributed by atoms with Crippen molar-refractivity contribution in [3.05, 3.63) is 29.8 Å². The monoisotopic (exact) mass is 207 g/mol. The highest BCUT2D eigenvalue weighted by molar-refractivity contribution is 5.90. The number of ether oxygens (including phenoxy) is 1. The molecule has 1 aromatic rings. The minimum atomic E-state index is -0.249. The smallest absolute Gasteiger partial charge is 0.338 e. The van der Waals surface area contributed by atoms with Gasteiger partial charge in [-0.15, -0.1) is 0 Å². The molecular formula is C12H17NO2. The van der Waals surface area contributed by atoms with Crippen molar-refractivity contribution in [2.45, 2.75) is 13.3 Å². The van der Waals surface area contributed by atoms with E-state index in [0.717, 1.165) is 12.1 Å². The number of carbonyl (C=O) groups excluding carboxylic acids is 1. The molecule has 0 unspecified atom stereocenters. The first kappa shape index (κ1) is 11.6. The van der Waals surface area contributed by atoms with Gasteiger partial charge in [-0.2, -0.15) is 0 Å². The van der Waals surface area contributed by atoms with Crippen LogP contribution >= 0.6 is 0 Å². The Kier molecular flexibility index (Phi) is 4.16. The van der Waals surface area contributed by atoms with Gasteiger partial charge in [0.05, 0.1) is 12.2 Å². The fraction of sp³-hybridized carbons (Fsp3) is 0.417. The largest absolute Gasteiger partial charge is 0.462 e. The summed E-state index contributed by atoms with van der Waals surface area (Å²) in [6.07, 6.45) is 0.846. The molecule has 1 aromatic carbocycles. The number of carbonyl (C=O) groups is 1. The van der Waals surface area contributed by atoms with Crippen LogP contribution in [0.4, 0.5) is 5.69 Å². The summed E-state index contributed by atoms with van der Waals surface area (Å²) in [4.78, 5) is 13.5. The van der Waals surface area contributed by atoms with Gasteiger partial charge in [0.2, 0.25) is 0 Å². The quantitative estimate of drug-likeness (QED) is 0.710. The van der Waals surface area contributed by atoms with Crippen LogP contribution in [0, 0.1) is 0 Å². The predicted octanol–water partition coefficient (Wildman–Crippen LogP) is 2.32. The standard InChI is InChI=1S/C12H17NO2/c1-4-8-15-12(14)10-6-5-7-11(9-10)13(2)3/h5-7,9H,4,8H2,1-3H3. The summed E-state index contributed by atoms with van der Waals surface area (Å²) in [5.74, 6) is -0.249. The first-order valence-corrected chi connectivity index (χ1v) is 5.09. The molecule has 0 aliphatic carbocycles. The second-order valence-electron chi connectivity index (χ2n) is 3.58. The third-order valence-electron chi connectivity index (χ3n) is 2.04. The van der Waals surface area contributed by atoms with Gasteiger partial charge in [-0.05, 0) is 24.6 Å². The SMILES string of the molecule is CCCOC(=O)c1cccc(N(C)C)c1. The summed E-state index contributed by atoms with van der Waals surface area (Å²) in [7, 11) is 3.88. The molecule has 0 spiro atoms. The Balaban J connectivity index is 2.76. The number of anilines is 1. The molecule has 3 heteroatoms. The van der Waals surface area contributed by atoms with Crippen LogP contribution < -0.4 is 4.90 Å². The van der Waals surface area contributed by atoms with Crippen LogP contribution in [0.3, 0.4) is 0 Å². The van der Waals surface area contributed by atoms with Crippen LogP contribution in [-0.2, 0) is 4.74 Å². The Morgan fingerprint density at radius 2 is 2.13 bits per heavy atom. The molecule has 0 heterocycles. The average molecular weight is 207 g/mol. The number of hydrogen-bond acceptors (Lipinski definition) is 3. The van der Waals surface area contributed by atoms with Gasteiger partial charge >= 0.3 is 5.97 Å². The zero-order valence-electron chi connectivity index (χ0n) is 9.49. The molecule has 0 aliphatic rings. The van der Waals surface area contributed by atoms with E-state index in [2.05, 4.69) is 0 Å². The van der Waals surface area contributed by atoms with E-state index < -0.39 is 0 Å². The summed E-state index contributed by atoms with van der Waals surface area (Å²) in [5.41, 5.74) is 1.61. The molecule has 15 heavy (non-hydrogen) atoms. The van der Waals surface area contributed by atoms with Crippen LogP contribution in [0.15, 0.2) is 24.3 Å². The Bertz CT molecular complexity index is 334. The second-order valence-corrected chi connectivity index (χ2v) is 3.58. The van der Waals surface area contributed by atoms with E-state index in [9.17, 15) is 4.79 Å². The molecule has 0 saturated carbocycles. The van der Waals surface area contributed by atoms with Crippen molar-refractivity contribution in [3.63, 3.8) is 0 Å². The molecule has 0 saturated heterocycles. The van der Waals surface area contributed by atoms with E-state index >= 15 is 0 Å². The van der Waals surface area contributed by atoms with E-state index in [1.165, 1.54) is 0 Å². The lowest BCUT2D eigenvalue weighted by Crippen LogP contribution is -2.11. The van der Waals surface area contributed by atoms with Crippen molar-refractivity contribution < 1.29 is 9.53 Å². The average Bonchev–Trinajstić information content (AvgIpc) is 2.26. The first-order valence-electron chi connectivity index (χ1n) is 5.09. The fourth-order valence-corrected chi connectivity index (χ4v) is 1.19. The van der Waals surface area contributed by atoms with E-state index in [-0.39, 0.29) is 5.97 Å². The number of nitrogens with zero attached hydrogens (tertiary/aromatic N) is 1.